The highest BCUT2D eigenvalue weighted by atomic mass is 32.1. The SMILES string of the molecule is COc1ccc2csc(CNO)c2c1. The van der Waals surface area contributed by atoms with Gasteiger partial charge >= 0.3 is 0 Å². The van der Waals surface area contributed by atoms with Crippen molar-refractivity contribution in [3.63, 3.8) is 0 Å². The Labute approximate surface area is 85.9 Å². The van der Waals surface area contributed by atoms with Gasteiger partial charge in [-0.15, -0.1) is 11.3 Å². The molecule has 0 spiro atoms. The van der Waals surface area contributed by atoms with E-state index in [0.717, 1.165) is 16.0 Å². The standard InChI is InChI=1S/C10H11NO2S/c1-13-8-3-2-7-6-14-10(5-11-12)9(7)4-8/h2-4,6,11-12H,5H2,1H3. The molecule has 0 aliphatic rings. The minimum atomic E-state index is 0.474. The highest BCUT2D eigenvalue weighted by Gasteiger charge is 2.04. The van der Waals surface area contributed by atoms with Crippen LogP contribution in [0.3, 0.4) is 0 Å². The number of methoxy groups -OCH3 is 1. The zero-order valence-corrected chi connectivity index (χ0v) is 8.60. The zero-order chi connectivity index (χ0) is 9.97. The summed E-state index contributed by atoms with van der Waals surface area (Å²) in [6.45, 7) is 0.474. The fraction of sp³-hybridized carbons (Fsp3) is 0.200. The van der Waals surface area contributed by atoms with Crippen LogP contribution in [0.15, 0.2) is 23.6 Å². The van der Waals surface area contributed by atoms with Crippen LogP contribution in [0.5, 0.6) is 5.75 Å². The van der Waals surface area contributed by atoms with E-state index in [9.17, 15) is 0 Å². The summed E-state index contributed by atoms with van der Waals surface area (Å²) in [4.78, 5) is 1.11. The number of nitrogens with one attached hydrogen (secondary N) is 1. The van der Waals surface area contributed by atoms with Crippen LogP contribution in [-0.4, -0.2) is 12.3 Å². The molecule has 1 aromatic heterocycles. The lowest BCUT2D eigenvalue weighted by molar-refractivity contribution is 0.162. The van der Waals surface area contributed by atoms with Crippen molar-refractivity contribution in [3.8, 4) is 5.75 Å². The van der Waals surface area contributed by atoms with Crippen molar-refractivity contribution >= 4 is 22.1 Å². The van der Waals surface area contributed by atoms with E-state index in [1.54, 1.807) is 18.4 Å². The third-order valence-corrected chi connectivity index (χ3v) is 3.15. The molecule has 0 amide bonds. The van der Waals surface area contributed by atoms with Gasteiger partial charge in [-0.25, -0.2) is 5.48 Å². The lowest BCUT2D eigenvalue weighted by Gasteiger charge is -2.00. The van der Waals surface area contributed by atoms with Crippen molar-refractivity contribution in [2.75, 3.05) is 7.11 Å². The molecule has 2 aromatic rings. The first-order valence-electron chi connectivity index (χ1n) is 4.26. The zero-order valence-electron chi connectivity index (χ0n) is 7.78. The number of hydrogen-bond acceptors (Lipinski definition) is 4. The highest BCUT2D eigenvalue weighted by Crippen LogP contribution is 2.28. The summed E-state index contributed by atoms with van der Waals surface area (Å²) in [7, 11) is 1.65. The van der Waals surface area contributed by atoms with Crippen molar-refractivity contribution in [2.24, 2.45) is 0 Å². The van der Waals surface area contributed by atoms with Crippen LogP contribution in [0.25, 0.3) is 10.8 Å². The Balaban J connectivity index is 2.52. The molecule has 0 aliphatic carbocycles. The maximum Gasteiger partial charge on any atom is 0.119 e. The van der Waals surface area contributed by atoms with Gasteiger partial charge in [-0.1, -0.05) is 0 Å². The number of hydrogen-bond donors (Lipinski definition) is 2. The Bertz CT molecular complexity index is 439. The second-order valence-electron chi connectivity index (χ2n) is 2.95. The molecule has 0 saturated carbocycles. The number of ether oxygens (including phenoxy) is 1. The number of rotatable bonds is 3. The van der Waals surface area contributed by atoms with Gasteiger partial charge < -0.3 is 9.94 Å². The maximum absolute atomic E-state index is 8.65. The van der Waals surface area contributed by atoms with Gasteiger partial charge in [-0.3, -0.25) is 0 Å². The molecular formula is C10H11NO2S. The van der Waals surface area contributed by atoms with E-state index < -0.39 is 0 Å². The lowest BCUT2D eigenvalue weighted by Crippen LogP contribution is -2.04. The van der Waals surface area contributed by atoms with E-state index in [2.05, 4.69) is 10.9 Å². The van der Waals surface area contributed by atoms with Gasteiger partial charge in [-0.2, -0.15) is 0 Å². The monoisotopic (exact) mass is 209 g/mol. The largest absolute Gasteiger partial charge is 0.497 e. The molecule has 0 aliphatic heterocycles. The minimum Gasteiger partial charge on any atom is -0.497 e. The smallest absolute Gasteiger partial charge is 0.119 e. The van der Waals surface area contributed by atoms with Crippen LogP contribution >= 0.6 is 11.3 Å². The molecule has 0 bridgehead atoms. The summed E-state index contributed by atoms with van der Waals surface area (Å²) in [5.41, 5.74) is 2.17. The third kappa shape index (κ3) is 1.59. The van der Waals surface area contributed by atoms with E-state index >= 15 is 0 Å². The van der Waals surface area contributed by atoms with Gasteiger partial charge in [-0.05, 0) is 29.0 Å². The first kappa shape index (κ1) is 9.45. The predicted octanol–water partition coefficient (Wildman–Crippen LogP) is 2.39. The molecule has 3 nitrogen and oxygen atoms in total. The summed E-state index contributed by atoms with van der Waals surface area (Å²) >= 11 is 1.63. The molecular weight excluding hydrogens is 198 g/mol. The van der Waals surface area contributed by atoms with Gasteiger partial charge in [0.05, 0.1) is 13.7 Å². The molecule has 4 heteroatoms. The number of benzene rings is 1. The summed E-state index contributed by atoms with van der Waals surface area (Å²) in [5.74, 6) is 0.843. The van der Waals surface area contributed by atoms with Crippen LogP contribution in [-0.2, 0) is 6.54 Å². The Morgan fingerprint density at radius 3 is 3.07 bits per heavy atom. The fourth-order valence-corrected chi connectivity index (χ4v) is 2.34. The van der Waals surface area contributed by atoms with Crippen LogP contribution in [0.4, 0.5) is 0 Å². The number of hydroxylamine groups is 1. The first-order chi connectivity index (χ1) is 6.85. The molecule has 14 heavy (non-hydrogen) atoms. The van der Waals surface area contributed by atoms with E-state index in [1.165, 1.54) is 5.39 Å². The highest BCUT2D eigenvalue weighted by molar-refractivity contribution is 7.11. The molecule has 74 valence electrons. The average molecular weight is 209 g/mol. The molecule has 0 unspecified atom stereocenters. The third-order valence-electron chi connectivity index (χ3n) is 2.13. The Morgan fingerprint density at radius 1 is 1.50 bits per heavy atom. The summed E-state index contributed by atoms with van der Waals surface area (Å²) in [6, 6.07) is 5.94. The molecule has 0 atom stereocenters. The van der Waals surface area contributed by atoms with E-state index in [1.807, 2.05) is 18.2 Å². The number of thiophene rings is 1. The molecule has 1 heterocycles. The second kappa shape index (κ2) is 3.96. The van der Waals surface area contributed by atoms with Crippen molar-refractivity contribution in [1.29, 1.82) is 0 Å². The maximum atomic E-state index is 8.65. The van der Waals surface area contributed by atoms with E-state index in [-0.39, 0.29) is 0 Å². The number of fused-ring (bicyclic) bond motifs is 1. The van der Waals surface area contributed by atoms with Gasteiger partial charge in [0.1, 0.15) is 5.75 Å². The van der Waals surface area contributed by atoms with E-state index in [4.69, 9.17) is 9.94 Å². The lowest BCUT2D eigenvalue weighted by atomic mass is 10.2. The summed E-state index contributed by atoms with van der Waals surface area (Å²) < 4.78 is 5.15. The first-order valence-corrected chi connectivity index (χ1v) is 5.14. The quantitative estimate of drug-likeness (QED) is 0.763. The van der Waals surface area contributed by atoms with Crippen molar-refractivity contribution in [3.05, 3.63) is 28.5 Å². The van der Waals surface area contributed by atoms with Crippen LogP contribution in [0.1, 0.15) is 4.88 Å². The Hall–Kier alpha value is -1.10. The van der Waals surface area contributed by atoms with Gasteiger partial charge in [0.2, 0.25) is 0 Å². The van der Waals surface area contributed by atoms with Crippen LogP contribution in [0.2, 0.25) is 0 Å². The normalized spacial score (nSPS) is 10.7. The summed E-state index contributed by atoms with van der Waals surface area (Å²) in [5, 5.41) is 13.0. The predicted molar refractivity (Wildman–Crippen MR) is 57.0 cm³/mol. The van der Waals surface area contributed by atoms with Crippen molar-refractivity contribution in [1.82, 2.24) is 5.48 Å². The molecule has 1 aromatic carbocycles. The molecule has 2 N–H and O–H groups in total. The van der Waals surface area contributed by atoms with Crippen LogP contribution in [0, 0.1) is 0 Å². The molecule has 2 rings (SSSR count). The second-order valence-corrected chi connectivity index (χ2v) is 3.91. The minimum absolute atomic E-state index is 0.474. The van der Waals surface area contributed by atoms with Gasteiger partial charge in [0, 0.05) is 10.3 Å². The van der Waals surface area contributed by atoms with Crippen molar-refractivity contribution in [2.45, 2.75) is 6.54 Å². The van der Waals surface area contributed by atoms with Crippen molar-refractivity contribution < 1.29 is 9.94 Å². The average Bonchev–Trinajstić information content (AvgIpc) is 2.61. The van der Waals surface area contributed by atoms with Crippen LogP contribution < -0.4 is 10.2 Å². The Morgan fingerprint density at radius 2 is 2.36 bits per heavy atom. The molecule has 0 radical (unpaired) electrons. The molecule has 0 saturated heterocycles. The molecule has 0 fully saturated rings. The van der Waals surface area contributed by atoms with Gasteiger partial charge in [0.25, 0.3) is 0 Å². The fourth-order valence-electron chi connectivity index (χ4n) is 1.41. The Kier molecular flexibility index (Phi) is 2.67. The topological polar surface area (TPSA) is 41.5 Å². The van der Waals surface area contributed by atoms with E-state index in [0.29, 0.717) is 6.54 Å². The summed E-state index contributed by atoms with van der Waals surface area (Å²) in [6.07, 6.45) is 0. The van der Waals surface area contributed by atoms with Gasteiger partial charge in [0.15, 0.2) is 0 Å².